The molecular formula is C40H39ClN4O8. The molecule has 2 saturated carbocycles. The molecule has 274 valence electrons. The highest BCUT2D eigenvalue weighted by molar-refractivity contribution is 6.29. The van der Waals surface area contributed by atoms with Gasteiger partial charge in [-0.15, -0.1) is 5.10 Å². The van der Waals surface area contributed by atoms with Gasteiger partial charge in [0.2, 0.25) is 5.91 Å². The first-order chi connectivity index (χ1) is 25.7. The summed E-state index contributed by atoms with van der Waals surface area (Å²) in [6.07, 6.45) is 1.37. The lowest BCUT2D eigenvalue weighted by atomic mass is 9.99. The molecule has 1 aromatic heterocycles. The second-order valence-electron chi connectivity index (χ2n) is 13.8. The minimum Gasteiger partial charge on any atom is -0.508 e. The van der Waals surface area contributed by atoms with E-state index in [9.17, 15) is 24.3 Å². The van der Waals surface area contributed by atoms with Crippen molar-refractivity contribution >= 4 is 41.1 Å². The zero-order valence-corrected chi connectivity index (χ0v) is 29.6. The molecule has 1 amide bonds. The van der Waals surface area contributed by atoms with E-state index >= 15 is 0 Å². The van der Waals surface area contributed by atoms with E-state index in [0.717, 1.165) is 18.8 Å². The Morgan fingerprint density at radius 2 is 1.43 bits per heavy atom. The molecule has 4 aromatic rings. The first-order valence-corrected chi connectivity index (χ1v) is 18.1. The predicted octanol–water partition coefficient (Wildman–Crippen LogP) is 5.63. The number of benzene rings is 3. The molecule has 2 N–H and O–H groups in total. The summed E-state index contributed by atoms with van der Waals surface area (Å²) in [5, 5.41) is 21.6. The highest BCUT2D eigenvalue weighted by Crippen LogP contribution is 2.41. The molecule has 2 heterocycles. The average Bonchev–Trinajstić information content (AvgIpc) is 3.88. The Morgan fingerprint density at radius 3 is 2.11 bits per heavy atom. The van der Waals surface area contributed by atoms with Crippen LogP contribution in [0.1, 0.15) is 62.5 Å². The lowest BCUT2D eigenvalue weighted by Crippen LogP contribution is -2.41. The Kier molecular flexibility index (Phi) is 10.9. The number of ether oxygens (including phenoxy) is 3. The molecule has 1 saturated heterocycles. The molecule has 0 radical (unpaired) electrons. The summed E-state index contributed by atoms with van der Waals surface area (Å²) in [6, 6.07) is 24.1. The summed E-state index contributed by atoms with van der Waals surface area (Å²) < 4.78 is 17.7. The molecule has 3 aromatic carbocycles. The van der Waals surface area contributed by atoms with Crippen molar-refractivity contribution in [3.05, 3.63) is 119 Å². The van der Waals surface area contributed by atoms with Gasteiger partial charge in [0.15, 0.2) is 5.15 Å². The Labute approximate surface area is 311 Å². The number of carbonyl (C=O) groups excluding carboxylic acids is 4. The van der Waals surface area contributed by atoms with Gasteiger partial charge in [-0.25, -0.2) is 14.4 Å². The van der Waals surface area contributed by atoms with Crippen LogP contribution in [0.3, 0.4) is 0 Å². The van der Waals surface area contributed by atoms with E-state index in [1.807, 2.05) is 0 Å². The normalized spacial score (nSPS) is 23.2. The molecule has 0 bridgehead atoms. The Hall–Kier alpha value is -5.49. The molecular weight excluding hydrogens is 700 g/mol. The number of aromatic nitrogens is 2. The number of rotatable bonds is 11. The number of esters is 3. The topological polar surface area (TPSA) is 157 Å². The Morgan fingerprint density at radius 1 is 0.792 bits per heavy atom. The number of phenolic OH excluding ortho intramolecular Hbond substituents is 1. The van der Waals surface area contributed by atoms with E-state index in [1.165, 1.54) is 43.5 Å². The monoisotopic (exact) mass is 738 g/mol. The van der Waals surface area contributed by atoms with Gasteiger partial charge in [0.1, 0.15) is 30.3 Å². The van der Waals surface area contributed by atoms with Crippen LogP contribution in [0, 0.1) is 23.7 Å². The molecule has 3 fully saturated rings. The first kappa shape index (κ1) is 35.9. The fourth-order valence-corrected chi connectivity index (χ4v) is 7.93. The molecule has 53 heavy (non-hydrogen) atoms. The molecule has 2 aliphatic carbocycles. The lowest BCUT2D eigenvalue weighted by molar-refractivity contribution is -0.128. The van der Waals surface area contributed by atoms with Crippen LogP contribution in [0.2, 0.25) is 5.15 Å². The van der Waals surface area contributed by atoms with Crippen LogP contribution in [-0.4, -0.2) is 71.0 Å². The summed E-state index contributed by atoms with van der Waals surface area (Å²) in [5.41, 5.74) is 1.97. The van der Waals surface area contributed by atoms with Gasteiger partial charge in [-0.1, -0.05) is 60.5 Å². The van der Waals surface area contributed by atoms with Crippen molar-refractivity contribution in [2.24, 2.45) is 23.7 Å². The second-order valence-corrected chi connectivity index (χ2v) is 14.2. The summed E-state index contributed by atoms with van der Waals surface area (Å²) in [6.45, 7) is 1.44. The van der Waals surface area contributed by atoms with Crippen molar-refractivity contribution in [1.29, 1.82) is 0 Å². The predicted molar refractivity (Wildman–Crippen MR) is 193 cm³/mol. The molecule has 3 aliphatic rings. The van der Waals surface area contributed by atoms with E-state index in [-0.39, 0.29) is 41.6 Å². The minimum atomic E-state index is -1.20. The third-order valence-corrected chi connectivity index (χ3v) is 10.6. The summed E-state index contributed by atoms with van der Waals surface area (Å²) in [5.74, 6) is -3.48. The average molecular weight is 739 g/mol. The van der Waals surface area contributed by atoms with Crippen molar-refractivity contribution in [1.82, 2.24) is 15.5 Å². The number of nitrogens with one attached hydrogen (secondary N) is 1. The highest BCUT2D eigenvalue weighted by atomic mass is 35.5. The van der Waals surface area contributed by atoms with Crippen LogP contribution < -0.4 is 10.2 Å². The minimum absolute atomic E-state index is 0.00994. The molecule has 13 heteroatoms. The number of halogens is 1. The van der Waals surface area contributed by atoms with Gasteiger partial charge < -0.3 is 29.5 Å². The zero-order valence-electron chi connectivity index (χ0n) is 28.8. The van der Waals surface area contributed by atoms with Crippen molar-refractivity contribution in [2.75, 3.05) is 24.6 Å². The van der Waals surface area contributed by atoms with Crippen molar-refractivity contribution in [3.63, 3.8) is 0 Å². The third kappa shape index (κ3) is 8.28. The molecule has 0 spiro atoms. The number of hydrogen-bond donors (Lipinski definition) is 2. The summed E-state index contributed by atoms with van der Waals surface area (Å²) in [7, 11) is 0. The van der Waals surface area contributed by atoms with Gasteiger partial charge in [0.05, 0.1) is 40.8 Å². The smallest absolute Gasteiger partial charge is 0.338 e. The Balaban J connectivity index is 1.15. The standard InChI is InChI=1S/C40H39ClN4O8/c41-35-19-33(45-21-27-14-7-15-28(27)22-45)32(43-44-35)20-42-37(47)30-18-34(52-39(49)25-11-5-2-6-12-25)31(23-51-38(48)24-9-3-1-4-10-24)36(30)53-40(50)26-13-8-16-29(46)17-26/h1-6,8-13,16-17,19,27-28,30-31,34,36,46H,7,14-15,18,20-23H2,(H,42,47)/t27?,28?,30-,31-,34-,36?/m1/s1. The number of phenols is 1. The van der Waals surface area contributed by atoms with E-state index in [2.05, 4.69) is 20.4 Å². The van der Waals surface area contributed by atoms with E-state index < -0.39 is 47.9 Å². The Bertz CT molecular complexity index is 1950. The van der Waals surface area contributed by atoms with Crippen LogP contribution in [-0.2, 0) is 25.5 Å². The highest BCUT2D eigenvalue weighted by Gasteiger charge is 2.51. The van der Waals surface area contributed by atoms with Crippen molar-refractivity contribution in [2.45, 2.75) is 44.4 Å². The zero-order chi connectivity index (χ0) is 36.9. The number of fused-ring (bicyclic) bond motifs is 1. The fraction of sp³-hybridized carbons (Fsp3) is 0.350. The van der Waals surface area contributed by atoms with Crippen LogP contribution in [0.15, 0.2) is 91.0 Å². The summed E-state index contributed by atoms with van der Waals surface area (Å²) >= 11 is 6.29. The van der Waals surface area contributed by atoms with Gasteiger partial charge in [-0.2, -0.15) is 5.10 Å². The maximum Gasteiger partial charge on any atom is 0.338 e. The largest absolute Gasteiger partial charge is 0.508 e. The van der Waals surface area contributed by atoms with Gasteiger partial charge in [-0.3, -0.25) is 4.79 Å². The number of anilines is 1. The van der Waals surface area contributed by atoms with E-state index in [0.29, 0.717) is 23.1 Å². The van der Waals surface area contributed by atoms with E-state index in [4.69, 9.17) is 25.8 Å². The van der Waals surface area contributed by atoms with Crippen LogP contribution in [0.4, 0.5) is 5.69 Å². The van der Waals surface area contributed by atoms with Crippen LogP contribution in [0.25, 0.3) is 0 Å². The number of amides is 1. The molecule has 1 aliphatic heterocycles. The SMILES string of the molecule is O=C(OC[C@H]1C(OC(=O)c2cccc(O)c2)[C@H](C(=O)NCc2nnc(Cl)cc2N2CC3CCCC3C2)C[C@H]1OC(=O)c1ccccc1)c1ccccc1. The number of aromatic hydroxyl groups is 1. The molecule has 6 atom stereocenters. The maximum atomic E-state index is 14.2. The first-order valence-electron chi connectivity index (χ1n) is 17.8. The van der Waals surface area contributed by atoms with Crippen molar-refractivity contribution in [3.8, 4) is 5.75 Å². The van der Waals surface area contributed by atoms with E-state index in [1.54, 1.807) is 66.7 Å². The molecule has 12 nitrogen and oxygen atoms in total. The van der Waals surface area contributed by atoms with Gasteiger partial charge in [0, 0.05) is 25.6 Å². The second kappa shape index (κ2) is 16.0. The van der Waals surface area contributed by atoms with Crippen LogP contribution in [0.5, 0.6) is 5.75 Å². The van der Waals surface area contributed by atoms with Gasteiger partial charge in [0.25, 0.3) is 0 Å². The van der Waals surface area contributed by atoms with Gasteiger partial charge in [-0.05, 0) is 67.1 Å². The van der Waals surface area contributed by atoms with Gasteiger partial charge >= 0.3 is 17.9 Å². The lowest BCUT2D eigenvalue weighted by Gasteiger charge is -2.26. The number of nitrogens with zero attached hydrogens (tertiary/aromatic N) is 3. The number of hydrogen-bond acceptors (Lipinski definition) is 11. The van der Waals surface area contributed by atoms with Crippen LogP contribution >= 0.6 is 11.6 Å². The van der Waals surface area contributed by atoms with Crippen molar-refractivity contribution < 1.29 is 38.5 Å². The molecule has 3 unspecified atom stereocenters. The third-order valence-electron chi connectivity index (χ3n) is 10.4. The number of carbonyl (C=O) groups is 4. The fourth-order valence-electron chi connectivity index (χ4n) is 7.78. The molecule has 7 rings (SSSR count). The maximum absolute atomic E-state index is 14.2. The summed E-state index contributed by atoms with van der Waals surface area (Å²) in [4.78, 5) is 56.4. The quantitative estimate of drug-likeness (QED) is 0.145.